The van der Waals surface area contributed by atoms with Crippen LogP contribution in [0.25, 0.3) is 29.6 Å². The predicted octanol–water partition coefficient (Wildman–Crippen LogP) is 10.2. The van der Waals surface area contributed by atoms with E-state index in [9.17, 15) is 0 Å². The van der Waals surface area contributed by atoms with E-state index in [2.05, 4.69) is 84.5 Å². The standard InChI is InChI=1S/C32H42N2S2/c1-3-5-7-9-11-23-35-24-12-13-27-19-21-33-31(25-27)32-26-28(20-22-34-32)15-16-30-18-17-29(36-30)14-10-8-6-4-2/h12-13,15-22,25-26H,3-11,14,23-24H2,1-2H3/b13-12+,16-15+. The van der Waals surface area contributed by atoms with E-state index < -0.39 is 0 Å². The van der Waals surface area contributed by atoms with Crippen LogP contribution in [0.5, 0.6) is 0 Å². The lowest BCUT2D eigenvalue weighted by molar-refractivity contribution is 0.659. The number of rotatable bonds is 17. The van der Waals surface area contributed by atoms with Gasteiger partial charge in [0.25, 0.3) is 0 Å². The normalized spacial score (nSPS) is 11.7. The smallest absolute Gasteiger partial charge is 0.0892 e. The number of thioether (sulfide) groups is 1. The summed E-state index contributed by atoms with van der Waals surface area (Å²) in [4.78, 5) is 12.0. The van der Waals surface area contributed by atoms with Gasteiger partial charge in [-0.2, -0.15) is 11.8 Å². The van der Waals surface area contributed by atoms with Gasteiger partial charge in [0, 0.05) is 27.9 Å². The topological polar surface area (TPSA) is 25.8 Å². The summed E-state index contributed by atoms with van der Waals surface area (Å²) < 4.78 is 0. The fourth-order valence-electron chi connectivity index (χ4n) is 4.05. The third kappa shape index (κ3) is 10.8. The monoisotopic (exact) mass is 518 g/mol. The Labute approximate surface area is 227 Å². The van der Waals surface area contributed by atoms with Crippen molar-refractivity contribution in [1.82, 2.24) is 9.97 Å². The number of aryl methyl sites for hydroxylation is 1. The zero-order valence-corrected chi connectivity index (χ0v) is 23.8. The van der Waals surface area contributed by atoms with E-state index in [1.807, 2.05) is 35.5 Å². The molecule has 0 aromatic carbocycles. The zero-order valence-electron chi connectivity index (χ0n) is 22.1. The summed E-state index contributed by atoms with van der Waals surface area (Å²) in [6.45, 7) is 4.53. The molecule has 0 saturated heterocycles. The molecule has 0 amide bonds. The molecular formula is C32H42N2S2. The highest BCUT2D eigenvalue weighted by atomic mass is 32.2. The molecule has 3 rings (SSSR count). The lowest BCUT2D eigenvalue weighted by atomic mass is 10.1. The number of hydrogen-bond acceptors (Lipinski definition) is 4. The second-order valence-corrected chi connectivity index (χ2v) is 11.6. The van der Waals surface area contributed by atoms with E-state index in [4.69, 9.17) is 0 Å². The van der Waals surface area contributed by atoms with Crippen LogP contribution in [0.4, 0.5) is 0 Å². The van der Waals surface area contributed by atoms with Crippen LogP contribution in [0.1, 0.15) is 92.5 Å². The van der Waals surface area contributed by atoms with Gasteiger partial charge in [-0.3, -0.25) is 9.97 Å². The van der Waals surface area contributed by atoms with Gasteiger partial charge in [0.1, 0.15) is 0 Å². The first-order chi connectivity index (χ1) is 17.8. The molecule has 0 aliphatic rings. The lowest BCUT2D eigenvalue weighted by Crippen LogP contribution is -1.89. The Hall–Kier alpha value is -2.17. The quantitative estimate of drug-likeness (QED) is 0.166. The molecule has 2 nitrogen and oxygen atoms in total. The van der Waals surface area contributed by atoms with Crippen LogP contribution in [0.2, 0.25) is 0 Å². The Balaban J connectivity index is 1.51. The summed E-state index contributed by atoms with van der Waals surface area (Å²) in [6.07, 6.45) is 25.9. The van der Waals surface area contributed by atoms with Crippen LogP contribution in [0, 0.1) is 0 Å². The molecule has 0 unspecified atom stereocenters. The van der Waals surface area contributed by atoms with Gasteiger partial charge in [0.15, 0.2) is 0 Å². The maximum atomic E-state index is 4.59. The zero-order chi connectivity index (χ0) is 25.3. The van der Waals surface area contributed by atoms with Crippen LogP contribution >= 0.6 is 23.1 Å². The van der Waals surface area contributed by atoms with Crippen molar-refractivity contribution in [3.63, 3.8) is 0 Å². The van der Waals surface area contributed by atoms with Crippen molar-refractivity contribution in [3.05, 3.63) is 75.7 Å². The van der Waals surface area contributed by atoms with E-state index in [1.54, 1.807) is 0 Å². The Bertz CT molecular complexity index is 1070. The molecular weight excluding hydrogens is 477 g/mol. The van der Waals surface area contributed by atoms with Gasteiger partial charge in [0.2, 0.25) is 0 Å². The van der Waals surface area contributed by atoms with Crippen molar-refractivity contribution in [3.8, 4) is 11.4 Å². The molecule has 36 heavy (non-hydrogen) atoms. The van der Waals surface area contributed by atoms with E-state index >= 15 is 0 Å². The highest BCUT2D eigenvalue weighted by Gasteiger charge is 2.03. The van der Waals surface area contributed by atoms with E-state index in [1.165, 1.54) is 85.3 Å². The minimum atomic E-state index is 0.914. The Morgan fingerprint density at radius 1 is 0.722 bits per heavy atom. The van der Waals surface area contributed by atoms with Gasteiger partial charge >= 0.3 is 0 Å². The molecule has 0 bridgehead atoms. The summed E-state index contributed by atoms with van der Waals surface area (Å²) >= 11 is 3.93. The maximum Gasteiger partial charge on any atom is 0.0892 e. The Kier molecular flexibility index (Phi) is 13.7. The van der Waals surface area contributed by atoms with E-state index in [-0.39, 0.29) is 0 Å². The average molecular weight is 519 g/mol. The van der Waals surface area contributed by atoms with Crippen molar-refractivity contribution in [2.24, 2.45) is 0 Å². The average Bonchev–Trinajstić information content (AvgIpc) is 3.37. The molecule has 0 fully saturated rings. The number of thiophene rings is 1. The minimum absolute atomic E-state index is 0.914. The number of unbranched alkanes of at least 4 members (excludes halogenated alkanes) is 7. The molecule has 0 radical (unpaired) electrons. The SMILES string of the molecule is CCCCCCCSC/C=C/c1ccnc(-c2cc(/C=C/c3ccc(CCCCCC)s3)ccn2)c1. The highest BCUT2D eigenvalue weighted by molar-refractivity contribution is 7.99. The first-order valence-corrected chi connectivity index (χ1v) is 15.7. The second-order valence-electron chi connectivity index (χ2n) is 9.29. The molecule has 0 N–H and O–H groups in total. The van der Waals surface area contributed by atoms with Crippen LogP contribution in [0.15, 0.2) is 54.9 Å². The van der Waals surface area contributed by atoms with Gasteiger partial charge in [0.05, 0.1) is 11.4 Å². The second kappa shape index (κ2) is 17.3. The molecule has 192 valence electrons. The van der Waals surface area contributed by atoms with Crippen LogP contribution < -0.4 is 0 Å². The van der Waals surface area contributed by atoms with Gasteiger partial charge in [-0.1, -0.05) is 77.0 Å². The molecule has 0 aliphatic carbocycles. The number of hydrogen-bond donors (Lipinski definition) is 0. The van der Waals surface area contributed by atoms with Crippen molar-refractivity contribution < 1.29 is 0 Å². The van der Waals surface area contributed by atoms with E-state index in [0.29, 0.717) is 0 Å². The van der Waals surface area contributed by atoms with Gasteiger partial charge in [-0.05, 0) is 78.6 Å². The summed E-state index contributed by atoms with van der Waals surface area (Å²) in [6, 6.07) is 12.9. The third-order valence-corrected chi connectivity index (χ3v) is 8.26. The molecule has 0 aliphatic heterocycles. The number of aromatic nitrogens is 2. The fourth-order valence-corrected chi connectivity index (χ4v) is 5.81. The fraction of sp³-hybridized carbons (Fsp3) is 0.438. The van der Waals surface area contributed by atoms with Crippen molar-refractivity contribution >= 4 is 41.3 Å². The van der Waals surface area contributed by atoms with Crippen molar-refractivity contribution in [2.45, 2.75) is 78.1 Å². The number of pyridine rings is 2. The first-order valence-electron chi connectivity index (χ1n) is 13.7. The molecule has 4 heteroatoms. The molecule has 0 atom stereocenters. The Morgan fingerprint density at radius 2 is 1.39 bits per heavy atom. The third-order valence-electron chi connectivity index (χ3n) is 6.15. The summed E-state index contributed by atoms with van der Waals surface area (Å²) in [5, 5.41) is 0. The summed E-state index contributed by atoms with van der Waals surface area (Å²) in [5.74, 6) is 2.32. The van der Waals surface area contributed by atoms with E-state index in [0.717, 1.165) is 22.7 Å². The molecule has 3 aromatic rings. The maximum absolute atomic E-state index is 4.59. The van der Waals surface area contributed by atoms with Crippen LogP contribution in [-0.2, 0) is 6.42 Å². The van der Waals surface area contributed by atoms with Gasteiger partial charge < -0.3 is 0 Å². The van der Waals surface area contributed by atoms with Crippen LogP contribution in [0.3, 0.4) is 0 Å². The largest absolute Gasteiger partial charge is 0.255 e. The molecule has 0 spiro atoms. The first kappa shape index (κ1) is 28.4. The summed E-state index contributed by atoms with van der Waals surface area (Å²) in [5.41, 5.74) is 4.16. The lowest BCUT2D eigenvalue weighted by Gasteiger charge is -2.03. The minimum Gasteiger partial charge on any atom is -0.255 e. The van der Waals surface area contributed by atoms with Gasteiger partial charge in [-0.25, -0.2) is 0 Å². The van der Waals surface area contributed by atoms with Crippen molar-refractivity contribution in [2.75, 3.05) is 11.5 Å². The summed E-state index contributed by atoms with van der Waals surface area (Å²) in [7, 11) is 0. The van der Waals surface area contributed by atoms with Crippen LogP contribution in [-0.4, -0.2) is 21.5 Å². The van der Waals surface area contributed by atoms with Gasteiger partial charge in [-0.15, -0.1) is 11.3 Å². The van der Waals surface area contributed by atoms with Crippen molar-refractivity contribution in [1.29, 1.82) is 0 Å². The Morgan fingerprint density at radius 3 is 2.11 bits per heavy atom. The molecule has 3 aromatic heterocycles. The molecule has 0 saturated carbocycles. The molecule has 3 heterocycles. The number of nitrogens with zero attached hydrogens (tertiary/aromatic N) is 2. The highest BCUT2D eigenvalue weighted by Crippen LogP contribution is 2.23. The predicted molar refractivity (Wildman–Crippen MR) is 164 cm³/mol.